The fraction of sp³-hybridized carbons (Fsp3) is 0.500. The van der Waals surface area contributed by atoms with Crippen molar-refractivity contribution in [2.45, 2.75) is 26.3 Å². The molecule has 0 saturated carbocycles. The second-order valence-electron chi connectivity index (χ2n) is 5.67. The van der Waals surface area contributed by atoms with Crippen LogP contribution in [-0.2, 0) is 20.0 Å². The highest BCUT2D eigenvalue weighted by Gasteiger charge is 2.06. The number of hydrogen-bond donors (Lipinski definition) is 2. The number of aryl methyl sites for hydroxylation is 2. The van der Waals surface area contributed by atoms with Crippen molar-refractivity contribution in [3.63, 3.8) is 0 Å². The zero-order valence-corrected chi connectivity index (χ0v) is 16.0. The van der Waals surface area contributed by atoms with Crippen molar-refractivity contribution >= 4 is 5.96 Å². The van der Waals surface area contributed by atoms with E-state index in [1.54, 1.807) is 25.2 Å². The Morgan fingerprint density at radius 1 is 1.27 bits per heavy atom. The maximum Gasteiger partial charge on any atom is 0.191 e. The van der Waals surface area contributed by atoms with Gasteiger partial charge in [-0.3, -0.25) is 9.67 Å². The van der Waals surface area contributed by atoms with Gasteiger partial charge in [-0.15, -0.1) is 0 Å². The van der Waals surface area contributed by atoms with Crippen molar-refractivity contribution in [3.05, 3.63) is 35.9 Å². The predicted molar refractivity (Wildman–Crippen MR) is 102 cm³/mol. The molecule has 0 radical (unpaired) electrons. The van der Waals surface area contributed by atoms with Gasteiger partial charge in [0.15, 0.2) is 17.5 Å². The Kier molecular flexibility index (Phi) is 7.73. The van der Waals surface area contributed by atoms with E-state index in [2.05, 4.69) is 31.8 Å². The molecule has 0 saturated heterocycles. The molecule has 26 heavy (non-hydrogen) atoms. The molecule has 0 fully saturated rings. The highest BCUT2D eigenvalue weighted by molar-refractivity contribution is 5.79. The largest absolute Gasteiger partial charge is 0.493 e. The second-order valence-corrected chi connectivity index (χ2v) is 5.67. The molecule has 0 unspecified atom stereocenters. The predicted octanol–water partition coefficient (Wildman–Crippen LogP) is 1.52. The van der Waals surface area contributed by atoms with Gasteiger partial charge in [0.05, 0.1) is 20.3 Å². The topological polar surface area (TPSA) is 85.6 Å². The molecule has 142 valence electrons. The third-order valence-corrected chi connectivity index (χ3v) is 3.91. The van der Waals surface area contributed by atoms with Crippen molar-refractivity contribution in [2.24, 2.45) is 12.0 Å². The standard InChI is InChI=1S/C18H28N6O2/c1-5-26-16-11-14(8-9-15(16)25-4)7-6-10-20-18(19-2)21-12-17-22-13-23-24(17)3/h8-9,11,13H,5-7,10,12H2,1-4H3,(H2,19,20,21). The number of nitrogens with one attached hydrogen (secondary N) is 2. The third kappa shape index (κ3) is 5.65. The molecule has 8 nitrogen and oxygen atoms in total. The van der Waals surface area contributed by atoms with Gasteiger partial charge >= 0.3 is 0 Å². The zero-order valence-electron chi connectivity index (χ0n) is 16.0. The molecule has 1 aromatic heterocycles. The van der Waals surface area contributed by atoms with Crippen molar-refractivity contribution < 1.29 is 9.47 Å². The highest BCUT2D eigenvalue weighted by Crippen LogP contribution is 2.28. The first kappa shape index (κ1) is 19.6. The molecule has 1 aromatic carbocycles. The summed E-state index contributed by atoms with van der Waals surface area (Å²) in [7, 11) is 5.27. The van der Waals surface area contributed by atoms with Crippen molar-refractivity contribution in [1.82, 2.24) is 25.4 Å². The van der Waals surface area contributed by atoms with Gasteiger partial charge in [0.1, 0.15) is 12.2 Å². The molecular formula is C18H28N6O2. The van der Waals surface area contributed by atoms with Crippen LogP contribution in [0.1, 0.15) is 24.7 Å². The minimum Gasteiger partial charge on any atom is -0.493 e. The summed E-state index contributed by atoms with van der Waals surface area (Å²) in [5, 5.41) is 10.6. The quantitative estimate of drug-likeness (QED) is 0.401. The van der Waals surface area contributed by atoms with Gasteiger partial charge in [-0.05, 0) is 37.5 Å². The fourth-order valence-electron chi connectivity index (χ4n) is 2.51. The zero-order chi connectivity index (χ0) is 18.8. The van der Waals surface area contributed by atoms with E-state index in [1.165, 1.54) is 5.56 Å². The van der Waals surface area contributed by atoms with Crippen LogP contribution in [0.15, 0.2) is 29.5 Å². The minimum absolute atomic E-state index is 0.576. The summed E-state index contributed by atoms with van der Waals surface area (Å²) in [6.45, 7) is 3.98. The second kappa shape index (κ2) is 10.3. The molecular weight excluding hydrogens is 332 g/mol. The van der Waals surface area contributed by atoms with Gasteiger partial charge in [-0.25, -0.2) is 4.98 Å². The van der Waals surface area contributed by atoms with Gasteiger partial charge in [-0.2, -0.15) is 5.10 Å². The summed E-state index contributed by atoms with van der Waals surface area (Å²) in [6, 6.07) is 6.07. The smallest absolute Gasteiger partial charge is 0.191 e. The normalized spacial score (nSPS) is 11.3. The number of nitrogens with zero attached hydrogens (tertiary/aromatic N) is 4. The lowest BCUT2D eigenvalue weighted by molar-refractivity contribution is 0.310. The summed E-state index contributed by atoms with van der Waals surface area (Å²) >= 11 is 0. The van der Waals surface area contributed by atoms with E-state index in [0.717, 1.165) is 42.7 Å². The van der Waals surface area contributed by atoms with Crippen LogP contribution in [0.5, 0.6) is 11.5 Å². The molecule has 0 aliphatic heterocycles. The maximum atomic E-state index is 5.62. The minimum atomic E-state index is 0.576. The highest BCUT2D eigenvalue weighted by atomic mass is 16.5. The van der Waals surface area contributed by atoms with Crippen molar-refractivity contribution in [2.75, 3.05) is 27.3 Å². The molecule has 0 amide bonds. The lowest BCUT2D eigenvalue weighted by Gasteiger charge is -2.13. The van der Waals surface area contributed by atoms with E-state index in [4.69, 9.17) is 9.47 Å². The van der Waals surface area contributed by atoms with Gasteiger partial charge < -0.3 is 20.1 Å². The van der Waals surface area contributed by atoms with Gasteiger partial charge in [-0.1, -0.05) is 6.07 Å². The number of ether oxygens (including phenoxy) is 2. The Balaban J connectivity index is 1.76. The van der Waals surface area contributed by atoms with Crippen LogP contribution in [0, 0.1) is 0 Å². The van der Waals surface area contributed by atoms with Gasteiger partial charge in [0.2, 0.25) is 0 Å². The Hall–Kier alpha value is -2.77. The van der Waals surface area contributed by atoms with Gasteiger partial charge in [0.25, 0.3) is 0 Å². The average Bonchev–Trinajstić information content (AvgIpc) is 3.06. The van der Waals surface area contributed by atoms with E-state index in [0.29, 0.717) is 13.2 Å². The van der Waals surface area contributed by atoms with E-state index < -0.39 is 0 Å². The Bertz CT molecular complexity index is 713. The fourth-order valence-corrected chi connectivity index (χ4v) is 2.51. The molecule has 2 rings (SSSR count). The maximum absolute atomic E-state index is 5.62. The molecule has 0 aliphatic carbocycles. The molecule has 8 heteroatoms. The summed E-state index contributed by atoms with van der Waals surface area (Å²) < 4.78 is 12.7. The lowest BCUT2D eigenvalue weighted by Crippen LogP contribution is -2.38. The number of rotatable bonds is 9. The third-order valence-electron chi connectivity index (χ3n) is 3.91. The summed E-state index contributed by atoms with van der Waals surface area (Å²) in [6.07, 6.45) is 3.46. The van der Waals surface area contributed by atoms with E-state index in [1.807, 2.05) is 26.1 Å². The summed E-state index contributed by atoms with van der Waals surface area (Å²) in [5.74, 6) is 3.16. The molecule has 0 atom stereocenters. The number of aliphatic imine (C=N–C) groups is 1. The number of methoxy groups -OCH3 is 1. The van der Waals surface area contributed by atoms with Gasteiger partial charge in [0, 0.05) is 20.6 Å². The van der Waals surface area contributed by atoms with Crippen LogP contribution in [-0.4, -0.2) is 48.0 Å². The van der Waals surface area contributed by atoms with Crippen LogP contribution < -0.4 is 20.1 Å². The monoisotopic (exact) mass is 360 g/mol. The van der Waals surface area contributed by atoms with Crippen molar-refractivity contribution in [3.8, 4) is 11.5 Å². The number of guanidine groups is 1. The van der Waals surface area contributed by atoms with E-state index in [9.17, 15) is 0 Å². The summed E-state index contributed by atoms with van der Waals surface area (Å²) in [5.41, 5.74) is 1.22. The van der Waals surface area contributed by atoms with Crippen molar-refractivity contribution in [1.29, 1.82) is 0 Å². The molecule has 1 heterocycles. The molecule has 0 spiro atoms. The Morgan fingerprint density at radius 2 is 2.12 bits per heavy atom. The van der Waals surface area contributed by atoms with E-state index in [-0.39, 0.29) is 0 Å². The number of hydrogen-bond acceptors (Lipinski definition) is 5. The average molecular weight is 360 g/mol. The number of benzene rings is 1. The Labute approximate surface area is 154 Å². The first-order chi connectivity index (χ1) is 12.7. The Morgan fingerprint density at radius 3 is 2.77 bits per heavy atom. The van der Waals surface area contributed by atoms with Crippen LogP contribution in [0.4, 0.5) is 0 Å². The number of aromatic nitrogens is 3. The van der Waals surface area contributed by atoms with Crippen LogP contribution in [0.3, 0.4) is 0 Å². The first-order valence-corrected chi connectivity index (χ1v) is 8.75. The molecule has 0 bridgehead atoms. The van der Waals surface area contributed by atoms with Crippen LogP contribution in [0.2, 0.25) is 0 Å². The SMILES string of the molecule is CCOc1cc(CCCNC(=NC)NCc2ncnn2C)ccc1OC. The molecule has 2 N–H and O–H groups in total. The first-order valence-electron chi connectivity index (χ1n) is 8.75. The summed E-state index contributed by atoms with van der Waals surface area (Å²) in [4.78, 5) is 8.40. The molecule has 2 aromatic rings. The van der Waals surface area contributed by atoms with E-state index >= 15 is 0 Å². The lowest BCUT2D eigenvalue weighted by atomic mass is 10.1. The van der Waals surface area contributed by atoms with Crippen LogP contribution in [0.25, 0.3) is 0 Å². The molecule has 0 aliphatic rings. The van der Waals surface area contributed by atoms with Crippen LogP contribution >= 0.6 is 0 Å².